The van der Waals surface area contributed by atoms with Crippen LogP contribution in [0.25, 0.3) is 37.3 Å². The van der Waals surface area contributed by atoms with Crippen LogP contribution in [-0.4, -0.2) is 34.9 Å². The predicted molar refractivity (Wildman–Crippen MR) is 112 cm³/mol. The standard InChI is InChI=1S/C18H17N5OS3/c1-3-4-7-27(24)18-14-13-11(15-10(2)20-9-23(15)22-14)8-12(21-17(13)26-18)16-19-5-6-25-16/h5-6,8-9,22H,3-4,7H2,1-2H3. The van der Waals surface area contributed by atoms with Crippen molar-refractivity contribution in [3.8, 4) is 10.7 Å². The number of hydrogen-bond acceptors (Lipinski definition) is 6. The van der Waals surface area contributed by atoms with Crippen molar-refractivity contribution in [3.05, 3.63) is 29.7 Å². The van der Waals surface area contributed by atoms with Gasteiger partial charge in [-0.25, -0.2) is 19.5 Å². The molecule has 1 unspecified atom stereocenters. The Labute approximate surface area is 166 Å². The van der Waals surface area contributed by atoms with Gasteiger partial charge in [0.15, 0.2) is 0 Å². The van der Waals surface area contributed by atoms with Crippen molar-refractivity contribution in [1.82, 2.24) is 24.6 Å². The fourth-order valence-electron chi connectivity index (χ4n) is 3.32. The Morgan fingerprint density at radius 3 is 3.00 bits per heavy atom. The number of pyridine rings is 1. The second kappa shape index (κ2) is 6.59. The van der Waals surface area contributed by atoms with Crippen molar-refractivity contribution in [2.75, 3.05) is 5.75 Å². The molecule has 5 heterocycles. The van der Waals surface area contributed by atoms with Crippen molar-refractivity contribution in [2.45, 2.75) is 30.9 Å². The Balaban J connectivity index is 1.86. The number of rotatable bonds is 5. The number of imidazole rings is 1. The summed E-state index contributed by atoms with van der Waals surface area (Å²) in [6.07, 6.45) is 5.54. The summed E-state index contributed by atoms with van der Waals surface area (Å²) < 4.78 is 15.7. The summed E-state index contributed by atoms with van der Waals surface area (Å²) in [5.41, 5.74) is 3.73. The third-order valence-corrected chi connectivity index (χ3v) is 8.37. The molecule has 0 saturated heterocycles. The van der Waals surface area contributed by atoms with E-state index in [9.17, 15) is 4.55 Å². The molecule has 0 radical (unpaired) electrons. The van der Waals surface area contributed by atoms with E-state index in [-0.39, 0.29) is 0 Å². The zero-order chi connectivity index (χ0) is 18.5. The molecular formula is C18H17N5OS3. The molecule has 0 aliphatic carbocycles. The molecule has 0 spiro atoms. The lowest BCUT2D eigenvalue weighted by molar-refractivity contribution is 0.594. The Kier molecular flexibility index (Phi) is 4.19. The Bertz CT molecular complexity index is 1250. The molecule has 0 aliphatic rings. The molecule has 27 heavy (non-hydrogen) atoms. The molecule has 0 fully saturated rings. The molecule has 6 nitrogen and oxygen atoms in total. The van der Waals surface area contributed by atoms with Crippen LogP contribution < -0.4 is 0 Å². The molecule has 0 bridgehead atoms. The number of thiophene rings is 1. The minimum Gasteiger partial charge on any atom is -0.611 e. The van der Waals surface area contributed by atoms with Crippen molar-refractivity contribution in [2.24, 2.45) is 0 Å². The normalized spacial score (nSPS) is 13.3. The lowest BCUT2D eigenvalue weighted by atomic mass is 10.1. The van der Waals surface area contributed by atoms with Crippen LogP contribution in [-0.2, 0) is 11.2 Å². The van der Waals surface area contributed by atoms with Crippen LogP contribution in [0.4, 0.5) is 0 Å². The summed E-state index contributed by atoms with van der Waals surface area (Å²) in [4.78, 5) is 14.6. The Hall–Kier alpha value is -1.94. The summed E-state index contributed by atoms with van der Waals surface area (Å²) in [5, 5.41) is 8.36. The number of aryl methyl sites for hydroxylation is 1. The van der Waals surface area contributed by atoms with Crippen LogP contribution in [0.5, 0.6) is 0 Å². The maximum atomic E-state index is 12.9. The molecule has 0 saturated carbocycles. The molecule has 0 aromatic carbocycles. The number of H-pyrrole nitrogens is 1. The minimum atomic E-state index is -1.05. The van der Waals surface area contributed by atoms with Gasteiger partial charge in [-0.3, -0.25) is 5.10 Å². The molecule has 0 amide bonds. The fraction of sp³-hybridized carbons (Fsp3) is 0.278. The molecule has 138 valence electrons. The topological polar surface area (TPSA) is 81.9 Å². The maximum absolute atomic E-state index is 12.9. The Morgan fingerprint density at radius 1 is 1.33 bits per heavy atom. The Morgan fingerprint density at radius 2 is 2.22 bits per heavy atom. The van der Waals surface area contributed by atoms with Gasteiger partial charge in [-0.2, -0.15) is 0 Å². The summed E-state index contributed by atoms with van der Waals surface area (Å²) in [7, 11) is 0. The summed E-state index contributed by atoms with van der Waals surface area (Å²) >= 11 is 2.05. The van der Waals surface area contributed by atoms with E-state index in [1.54, 1.807) is 23.9 Å². The molecule has 5 aromatic rings. The minimum absolute atomic E-state index is 0.669. The highest BCUT2D eigenvalue weighted by atomic mass is 32.2. The zero-order valence-electron chi connectivity index (χ0n) is 14.9. The van der Waals surface area contributed by atoms with E-state index in [2.05, 4.69) is 28.1 Å². The second-order valence-corrected chi connectivity index (χ2v) is 10.1. The largest absolute Gasteiger partial charge is 0.611 e. The van der Waals surface area contributed by atoms with E-state index >= 15 is 0 Å². The molecule has 1 atom stereocenters. The van der Waals surface area contributed by atoms with Crippen LogP contribution in [0.2, 0.25) is 0 Å². The average Bonchev–Trinajstić information content (AvgIpc) is 3.40. The summed E-state index contributed by atoms with van der Waals surface area (Å²) in [6, 6.07) is 2.08. The van der Waals surface area contributed by atoms with Gasteiger partial charge in [0.25, 0.3) is 0 Å². The van der Waals surface area contributed by atoms with E-state index in [1.165, 1.54) is 11.3 Å². The number of aromatic nitrogens is 5. The van der Waals surface area contributed by atoms with Crippen LogP contribution in [0.15, 0.2) is 28.2 Å². The highest BCUT2D eigenvalue weighted by molar-refractivity contribution is 7.93. The number of hydrogen-bond donors (Lipinski definition) is 1. The monoisotopic (exact) mass is 415 g/mol. The van der Waals surface area contributed by atoms with Gasteiger partial charge < -0.3 is 4.55 Å². The average molecular weight is 416 g/mol. The van der Waals surface area contributed by atoms with E-state index < -0.39 is 11.2 Å². The molecule has 5 rings (SSSR count). The lowest BCUT2D eigenvalue weighted by Crippen LogP contribution is -2.06. The van der Waals surface area contributed by atoms with Crippen LogP contribution in [0.3, 0.4) is 0 Å². The van der Waals surface area contributed by atoms with Crippen molar-refractivity contribution in [3.63, 3.8) is 0 Å². The summed E-state index contributed by atoms with van der Waals surface area (Å²) in [5.74, 6) is 0.669. The maximum Gasteiger partial charge on any atom is 0.234 e. The highest BCUT2D eigenvalue weighted by Gasteiger charge is 2.25. The van der Waals surface area contributed by atoms with Gasteiger partial charge >= 0.3 is 0 Å². The second-order valence-electron chi connectivity index (χ2n) is 6.40. The number of thiazole rings is 1. The van der Waals surface area contributed by atoms with Crippen molar-refractivity contribution < 1.29 is 4.55 Å². The van der Waals surface area contributed by atoms with Gasteiger partial charge in [-0.1, -0.05) is 24.7 Å². The van der Waals surface area contributed by atoms with E-state index in [0.717, 1.165) is 60.1 Å². The van der Waals surface area contributed by atoms with Crippen molar-refractivity contribution in [1.29, 1.82) is 0 Å². The van der Waals surface area contributed by atoms with Crippen LogP contribution >= 0.6 is 22.7 Å². The summed E-state index contributed by atoms with van der Waals surface area (Å²) in [6.45, 7) is 4.12. The van der Waals surface area contributed by atoms with E-state index in [0.29, 0.717) is 5.75 Å². The number of fused-ring (bicyclic) bond motifs is 2. The number of aromatic amines is 1. The SMILES string of the molecule is CCCC[S+]([O-])c1sc2nc(-c3nccs3)cc3c2c1[nH]n1cnc(C)c31. The molecule has 1 N–H and O–H groups in total. The third-order valence-electron chi connectivity index (χ3n) is 4.61. The highest BCUT2D eigenvalue weighted by Crippen LogP contribution is 2.41. The number of unbranched alkanes of at least 4 members (excludes halogenated alkanes) is 1. The van der Waals surface area contributed by atoms with Gasteiger partial charge in [0, 0.05) is 17.0 Å². The fourth-order valence-corrected chi connectivity index (χ4v) is 6.77. The zero-order valence-corrected chi connectivity index (χ0v) is 17.3. The molecule has 9 heteroatoms. The lowest BCUT2D eigenvalue weighted by Gasteiger charge is -2.09. The van der Waals surface area contributed by atoms with Crippen LogP contribution in [0, 0.1) is 6.92 Å². The number of nitrogens with zero attached hydrogens (tertiary/aromatic N) is 4. The third kappa shape index (κ3) is 2.68. The van der Waals surface area contributed by atoms with Crippen molar-refractivity contribution >= 4 is 60.5 Å². The van der Waals surface area contributed by atoms with Gasteiger partial charge in [0.05, 0.1) is 16.6 Å². The first-order valence-corrected chi connectivity index (χ1v) is 11.8. The van der Waals surface area contributed by atoms with Crippen LogP contribution in [0.1, 0.15) is 25.5 Å². The van der Waals surface area contributed by atoms with E-state index in [1.807, 2.05) is 16.8 Å². The van der Waals surface area contributed by atoms with Gasteiger partial charge in [0.1, 0.15) is 33.1 Å². The quantitative estimate of drug-likeness (QED) is 0.419. The first-order chi connectivity index (χ1) is 13.2. The first-order valence-electron chi connectivity index (χ1n) is 8.74. The number of nitrogens with one attached hydrogen (secondary N) is 1. The van der Waals surface area contributed by atoms with E-state index in [4.69, 9.17) is 4.98 Å². The predicted octanol–water partition coefficient (Wildman–Crippen LogP) is 4.76. The smallest absolute Gasteiger partial charge is 0.234 e. The van der Waals surface area contributed by atoms with Gasteiger partial charge in [0.2, 0.25) is 4.21 Å². The molecule has 0 aliphatic heterocycles. The van der Waals surface area contributed by atoms with Gasteiger partial charge in [-0.15, -0.1) is 11.3 Å². The van der Waals surface area contributed by atoms with Gasteiger partial charge in [-0.05, 0) is 30.6 Å². The molecular weight excluding hydrogens is 398 g/mol. The first kappa shape index (κ1) is 17.2. The molecule has 5 aromatic heterocycles.